The summed E-state index contributed by atoms with van der Waals surface area (Å²) in [5.41, 5.74) is 14.6. The normalized spacial score (nSPS) is 10.9. The van der Waals surface area contributed by atoms with Crippen molar-refractivity contribution in [3.8, 4) is 0 Å². The topological polar surface area (TPSA) is 159 Å². The first-order chi connectivity index (χ1) is 32.6. The maximum atomic E-state index is 9.84. The Balaban J connectivity index is 0.000000452. The zero-order chi connectivity index (χ0) is 49.4. The fourth-order valence-electron chi connectivity index (χ4n) is 5.79. The monoisotopic (exact) mass is 953 g/mol. The van der Waals surface area contributed by atoms with Crippen LogP contribution >= 0.6 is 0 Å². The fraction of sp³-hybridized carbons (Fsp3) is 0.250. The van der Waals surface area contributed by atoms with Gasteiger partial charge < -0.3 is 45.8 Å². The molecular formula is C52H68BN15NaO. The molecule has 0 atom stereocenters. The van der Waals surface area contributed by atoms with E-state index >= 15 is 0 Å². The summed E-state index contributed by atoms with van der Waals surface area (Å²) in [5, 5.41) is 3.35. The number of carbonyl (C=O) groups excluding carboxylic acids is 1. The third kappa shape index (κ3) is 20.6. The van der Waals surface area contributed by atoms with Crippen molar-refractivity contribution in [3.05, 3.63) is 164 Å². The second kappa shape index (κ2) is 31.0. The summed E-state index contributed by atoms with van der Waals surface area (Å²) in [6.45, 7) is 0.741. The van der Waals surface area contributed by atoms with Gasteiger partial charge in [-0.25, -0.2) is 15.0 Å². The summed E-state index contributed by atoms with van der Waals surface area (Å²) in [4.78, 5) is 43.2. The molecule has 4 aromatic carbocycles. The van der Waals surface area contributed by atoms with E-state index in [4.69, 9.17) is 5.73 Å². The van der Waals surface area contributed by atoms with Gasteiger partial charge >= 0.3 is 29.6 Å². The second-order valence-electron chi connectivity index (χ2n) is 16.2. The molecule has 0 bridgehead atoms. The number of aldehydes is 1. The zero-order valence-corrected chi connectivity index (χ0v) is 44.9. The molecule has 0 unspecified atom stereocenters. The molecule has 8 rings (SSSR count). The molecule has 1 aliphatic heterocycles. The largest absolute Gasteiger partial charge is 1.00 e. The minimum Gasteiger partial charge on any atom is -1.00 e. The third-order valence-electron chi connectivity index (χ3n) is 10.1. The van der Waals surface area contributed by atoms with E-state index in [0.29, 0.717) is 12.1 Å². The van der Waals surface area contributed by atoms with E-state index in [1.165, 1.54) is 22.7 Å². The molecule has 3 aromatic heterocycles. The molecule has 0 aliphatic carbocycles. The molecular weight excluding hydrogens is 884 g/mol. The average molecular weight is 953 g/mol. The Hall–Kier alpha value is -7.21. The summed E-state index contributed by atoms with van der Waals surface area (Å²) >= 11 is 0. The van der Waals surface area contributed by atoms with Crippen LogP contribution in [-0.2, 0) is 32.5 Å². The van der Waals surface area contributed by atoms with Gasteiger partial charge in [-0.15, -0.1) is 0 Å². The van der Waals surface area contributed by atoms with Crippen LogP contribution in [0, 0.1) is 0 Å². The van der Waals surface area contributed by atoms with E-state index in [0.717, 1.165) is 53.1 Å². The van der Waals surface area contributed by atoms with Crippen LogP contribution < -0.4 is 60.2 Å². The number of nitrogens with one attached hydrogen (secondary N) is 1. The van der Waals surface area contributed by atoms with Gasteiger partial charge in [-0.3, -0.25) is 19.8 Å². The van der Waals surface area contributed by atoms with Crippen LogP contribution in [0.25, 0.3) is 0 Å². The number of benzene rings is 4. The first-order valence-corrected chi connectivity index (χ1v) is 21.9. The molecule has 1 aliphatic rings. The number of imidazole rings is 3. The average Bonchev–Trinajstić information content (AvgIpc) is 4.19. The van der Waals surface area contributed by atoms with Crippen LogP contribution in [0.15, 0.2) is 161 Å². The number of nitrogens with zero attached hydrogens (tertiary/aromatic N) is 13. The van der Waals surface area contributed by atoms with Gasteiger partial charge in [0.25, 0.3) is 0 Å². The number of hydrogen-bond donors (Lipinski definition) is 2. The molecule has 7 aromatic rings. The molecule has 0 fully saturated rings. The molecule has 0 saturated heterocycles. The quantitative estimate of drug-likeness (QED) is 0.0724. The summed E-state index contributed by atoms with van der Waals surface area (Å²) in [6, 6.07) is 32.3. The van der Waals surface area contributed by atoms with Crippen LogP contribution in [-0.4, -0.2) is 118 Å². The summed E-state index contributed by atoms with van der Waals surface area (Å²) in [7, 11) is 22.1. The van der Waals surface area contributed by atoms with Crippen molar-refractivity contribution >= 4 is 78.3 Å². The molecule has 0 amide bonds. The number of anilines is 6. The SMILES string of the molecule is CN(C)c1ccc(N)cc1.CN(C)c1ccc(N=Cc2nccn2C)cc1.CN(C)c1ccc(N=Cc2nccn2C)cc1.CN(C)c1ccc(NCc2nccn2C)cc1.O=CC1=NC=CC1.[B].[H-].[Na+]. The van der Waals surface area contributed by atoms with E-state index < -0.39 is 0 Å². The van der Waals surface area contributed by atoms with Crippen molar-refractivity contribution in [2.24, 2.45) is 36.1 Å². The molecule has 0 saturated carbocycles. The van der Waals surface area contributed by atoms with Crippen molar-refractivity contribution in [3.63, 3.8) is 0 Å². The summed E-state index contributed by atoms with van der Waals surface area (Å²) in [5.74, 6) is 2.73. The van der Waals surface area contributed by atoms with Gasteiger partial charge in [0.15, 0.2) is 17.9 Å². The van der Waals surface area contributed by atoms with Crippen molar-refractivity contribution in [1.82, 2.24) is 28.7 Å². The smallest absolute Gasteiger partial charge is 1.00 e. The Morgan fingerprint density at radius 2 is 0.986 bits per heavy atom. The first kappa shape index (κ1) is 58.9. The molecule has 3 radical (unpaired) electrons. The number of allylic oxidation sites excluding steroid dienone is 1. The molecule has 70 heavy (non-hydrogen) atoms. The van der Waals surface area contributed by atoms with Crippen molar-refractivity contribution in [2.45, 2.75) is 13.0 Å². The molecule has 0 spiro atoms. The van der Waals surface area contributed by atoms with Crippen LogP contribution in [0.5, 0.6) is 0 Å². The number of aromatic nitrogens is 6. The number of aryl methyl sites for hydroxylation is 3. The number of rotatable bonds is 12. The second-order valence-corrected chi connectivity index (χ2v) is 16.2. The van der Waals surface area contributed by atoms with E-state index in [9.17, 15) is 4.79 Å². The van der Waals surface area contributed by atoms with Gasteiger partial charge in [0.1, 0.15) is 5.82 Å². The van der Waals surface area contributed by atoms with E-state index in [1.54, 1.807) is 31.0 Å². The maximum Gasteiger partial charge on any atom is 1.00 e. The Kier molecular flexibility index (Phi) is 26.1. The predicted molar refractivity (Wildman–Crippen MR) is 293 cm³/mol. The predicted octanol–water partition coefficient (Wildman–Crippen LogP) is 5.19. The number of nitrogens with two attached hydrogens (primary N) is 1. The fourth-order valence-corrected chi connectivity index (χ4v) is 5.79. The standard InChI is InChI=1S/C13H18N4.2C13H16N4.C8H12N2.C5H5NO.B.Na.H/c3*1-16(2)12-6-4-11(5-7-12)15-10-13-14-8-9-17(13)3;1-10(2)8-5-3-7(9)4-6-8;7-4-5-2-1-3-6-5;;;/h4-9,15H,10H2,1-3H3;2*4-10H,1-3H3;3-6H,9H2,1-2H3;1,3-4H,2H2;;;/q;;;;;;+1;-1. The number of aliphatic imine (C=N–C) groups is 3. The Morgan fingerprint density at radius 1 is 0.600 bits per heavy atom. The van der Waals surface area contributed by atoms with Gasteiger partial charge in [0, 0.05) is 170 Å². The van der Waals surface area contributed by atoms with E-state index in [1.807, 2.05) is 200 Å². The zero-order valence-electron chi connectivity index (χ0n) is 43.9. The van der Waals surface area contributed by atoms with Crippen molar-refractivity contribution in [2.75, 3.05) is 87.0 Å². The van der Waals surface area contributed by atoms with Crippen LogP contribution in [0.4, 0.5) is 45.5 Å². The van der Waals surface area contributed by atoms with Crippen LogP contribution in [0.2, 0.25) is 0 Å². The van der Waals surface area contributed by atoms with E-state index in [-0.39, 0.29) is 39.4 Å². The Bertz CT molecular complexity index is 2570. The van der Waals surface area contributed by atoms with Crippen molar-refractivity contribution in [1.29, 1.82) is 0 Å². The van der Waals surface area contributed by atoms with Crippen molar-refractivity contribution < 1.29 is 35.8 Å². The third-order valence-corrected chi connectivity index (χ3v) is 10.1. The number of hydrogen-bond acceptors (Lipinski definition) is 13. The molecule has 16 nitrogen and oxygen atoms in total. The van der Waals surface area contributed by atoms with Gasteiger partial charge in [-0.2, -0.15) is 0 Å². The molecule has 18 heteroatoms. The number of nitrogen functional groups attached to an aromatic ring is 1. The Labute approximate surface area is 440 Å². The minimum atomic E-state index is 0. The first-order valence-electron chi connectivity index (χ1n) is 21.9. The minimum absolute atomic E-state index is 0. The van der Waals surface area contributed by atoms with Crippen LogP contribution in [0.1, 0.15) is 25.3 Å². The maximum absolute atomic E-state index is 9.84. The molecule has 3 N–H and O–H groups in total. The van der Waals surface area contributed by atoms with Crippen LogP contribution in [0.3, 0.4) is 0 Å². The van der Waals surface area contributed by atoms with Gasteiger partial charge in [0.2, 0.25) is 0 Å². The molecule has 4 heterocycles. The number of carbonyl (C=O) groups is 1. The van der Waals surface area contributed by atoms with Gasteiger partial charge in [-0.05, 0) is 97.1 Å². The molecule has 361 valence electrons. The summed E-state index contributed by atoms with van der Waals surface area (Å²) in [6.07, 6.45) is 19.6. The Morgan fingerprint density at radius 3 is 1.30 bits per heavy atom. The summed E-state index contributed by atoms with van der Waals surface area (Å²) < 4.78 is 5.87. The van der Waals surface area contributed by atoms with Gasteiger partial charge in [-0.1, -0.05) is 6.08 Å². The van der Waals surface area contributed by atoms with E-state index in [2.05, 4.69) is 74.2 Å². The van der Waals surface area contributed by atoms with Gasteiger partial charge in [0.05, 0.1) is 36.1 Å².